The van der Waals surface area contributed by atoms with Crippen molar-refractivity contribution in [3.63, 3.8) is 0 Å². The average Bonchev–Trinajstić information content (AvgIpc) is 2.79. The number of rotatable bonds is 4. The van der Waals surface area contributed by atoms with Crippen LogP contribution in [0.2, 0.25) is 0 Å². The van der Waals surface area contributed by atoms with Crippen LogP contribution in [0.25, 0.3) is 10.9 Å². The summed E-state index contributed by atoms with van der Waals surface area (Å²) in [5.74, 6) is 0.116. The number of aryl methyl sites for hydroxylation is 1. The molecule has 0 aliphatic carbocycles. The summed E-state index contributed by atoms with van der Waals surface area (Å²) in [7, 11) is -3.04. The fourth-order valence-corrected chi connectivity index (χ4v) is 2.90. The minimum absolute atomic E-state index is 0.116. The zero-order valence-electron chi connectivity index (χ0n) is 11.0. The van der Waals surface area contributed by atoms with E-state index in [2.05, 4.69) is 6.07 Å². The highest BCUT2D eigenvalue weighted by molar-refractivity contribution is 7.91. The summed E-state index contributed by atoms with van der Waals surface area (Å²) < 4.78 is 25.5. The monoisotopic (exact) mass is 276 g/mol. The van der Waals surface area contributed by atoms with Gasteiger partial charge in [-0.25, -0.2) is 8.42 Å². The van der Waals surface area contributed by atoms with Crippen molar-refractivity contribution < 1.29 is 8.42 Å². The first-order valence-electron chi connectivity index (χ1n) is 6.15. The van der Waals surface area contributed by atoms with Crippen LogP contribution in [-0.2, 0) is 16.4 Å². The maximum atomic E-state index is 11.8. The molecule has 0 bridgehead atoms. The molecule has 0 radical (unpaired) electrons. The zero-order valence-corrected chi connectivity index (χ0v) is 11.8. The summed E-state index contributed by atoms with van der Waals surface area (Å²) in [6, 6.07) is 9.48. The van der Waals surface area contributed by atoms with E-state index in [4.69, 9.17) is 5.26 Å². The van der Waals surface area contributed by atoms with Crippen LogP contribution in [0.5, 0.6) is 0 Å². The van der Waals surface area contributed by atoms with Crippen molar-refractivity contribution in [2.45, 2.75) is 25.6 Å². The Hall–Kier alpha value is -1.80. The second kappa shape index (κ2) is 5.06. The Morgan fingerprint density at radius 1 is 1.32 bits per heavy atom. The van der Waals surface area contributed by atoms with Gasteiger partial charge in [0.15, 0.2) is 9.84 Å². The summed E-state index contributed by atoms with van der Waals surface area (Å²) in [5.41, 5.74) is 1.51. The van der Waals surface area contributed by atoms with Crippen molar-refractivity contribution in [2.24, 2.45) is 0 Å². The van der Waals surface area contributed by atoms with Crippen molar-refractivity contribution in [3.05, 3.63) is 36.0 Å². The second-order valence-electron chi connectivity index (χ2n) is 4.78. The second-order valence-corrected chi connectivity index (χ2v) is 7.45. The summed E-state index contributed by atoms with van der Waals surface area (Å²) >= 11 is 0. The molecule has 100 valence electrons. The molecule has 1 aromatic heterocycles. The lowest BCUT2D eigenvalue weighted by molar-refractivity contribution is 0.581. The van der Waals surface area contributed by atoms with E-state index >= 15 is 0 Å². The van der Waals surface area contributed by atoms with Crippen LogP contribution in [0, 0.1) is 11.3 Å². The van der Waals surface area contributed by atoms with Crippen molar-refractivity contribution in [1.29, 1.82) is 5.26 Å². The molecule has 0 fully saturated rings. The predicted molar refractivity (Wildman–Crippen MR) is 75.6 cm³/mol. The summed E-state index contributed by atoms with van der Waals surface area (Å²) in [5, 5.41) is 9.53. The van der Waals surface area contributed by atoms with E-state index in [1.807, 2.05) is 29.0 Å². The highest BCUT2D eigenvalue weighted by Crippen LogP contribution is 2.20. The molecule has 0 aliphatic heterocycles. The van der Waals surface area contributed by atoms with Gasteiger partial charge in [0, 0.05) is 23.6 Å². The number of benzene rings is 1. The smallest absolute Gasteiger partial charge is 0.154 e. The number of hydrogen-bond donors (Lipinski definition) is 0. The Bertz CT molecular complexity index is 736. The first-order valence-corrected chi connectivity index (χ1v) is 7.87. The van der Waals surface area contributed by atoms with Gasteiger partial charge in [-0.05, 0) is 32.0 Å². The van der Waals surface area contributed by atoms with E-state index in [1.165, 1.54) is 0 Å². The molecule has 0 saturated heterocycles. The molecule has 4 nitrogen and oxygen atoms in total. The van der Waals surface area contributed by atoms with Crippen molar-refractivity contribution >= 4 is 20.7 Å². The maximum Gasteiger partial charge on any atom is 0.154 e. The average molecular weight is 276 g/mol. The van der Waals surface area contributed by atoms with Gasteiger partial charge < -0.3 is 4.57 Å². The van der Waals surface area contributed by atoms with Gasteiger partial charge in [-0.15, -0.1) is 0 Å². The molecular weight excluding hydrogens is 260 g/mol. The van der Waals surface area contributed by atoms with E-state index in [0.29, 0.717) is 12.1 Å². The minimum Gasteiger partial charge on any atom is -0.346 e. The SMILES string of the molecule is CC(C)S(=O)(=O)CCn1ccc2c(C#N)cccc21. The Morgan fingerprint density at radius 2 is 2.05 bits per heavy atom. The van der Waals surface area contributed by atoms with Crippen molar-refractivity contribution in [3.8, 4) is 6.07 Å². The predicted octanol–water partition coefficient (Wildman–Crippen LogP) is 2.34. The summed E-state index contributed by atoms with van der Waals surface area (Å²) in [6.45, 7) is 3.80. The van der Waals surface area contributed by atoms with E-state index < -0.39 is 9.84 Å². The van der Waals surface area contributed by atoms with Crippen LogP contribution in [-0.4, -0.2) is 24.0 Å². The van der Waals surface area contributed by atoms with E-state index in [9.17, 15) is 8.42 Å². The molecule has 0 amide bonds. The van der Waals surface area contributed by atoms with Crippen LogP contribution in [0.3, 0.4) is 0 Å². The molecule has 1 heterocycles. The van der Waals surface area contributed by atoms with Gasteiger partial charge in [0.1, 0.15) is 0 Å². The van der Waals surface area contributed by atoms with Gasteiger partial charge in [0.05, 0.1) is 22.6 Å². The first kappa shape index (κ1) is 13.6. The zero-order chi connectivity index (χ0) is 14.0. The third-order valence-corrected chi connectivity index (χ3v) is 5.46. The molecule has 19 heavy (non-hydrogen) atoms. The third kappa shape index (κ3) is 2.64. The molecule has 0 spiro atoms. The van der Waals surface area contributed by atoms with Crippen LogP contribution in [0.4, 0.5) is 0 Å². The topological polar surface area (TPSA) is 62.9 Å². The number of hydrogen-bond acceptors (Lipinski definition) is 3. The highest BCUT2D eigenvalue weighted by Gasteiger charge is 2.16. The third-order valence-electron chi connectivity index (χ3n) is 3.27. The normalized spacial score (nSPS) is 11.9. The van der Waals surface area contributed by atoms with E-state index in [0.717, 1.165) is 10.9 Å². The fourth-order valence-electron chi connectivity index (χ4n) is 1.98. The van der Waals surface area contributed by atoms with Gasteiger partial charge in [0.25, 0.3) is 0 Å². The van der Waals surface area contributed by atoms with Crippen molar-refractivity contribution in [2.75, 3.05) is 5.75 Å². The number of nitrogens with zero attached hydrogens (tertiary/aromatic N) is 2. The van der Waals surface area contributed by atoms with Gasteiger partial charge in [-0.1, -0.05) is 6.07 Å². The van der Waals surface area contributed by atoms with Crippen LogP contribution < -0.4 is 0 Å². The van der Waals surface area contributed by atoms with Gasteiger partial charge in [-0.3, -0.25) is 0 Å². The largest absolute Gasteiger partial charge is 0.346 e. The molecule has 0 unspecified atom stereocenters. The minimum atomic E-state index is -3.04. The van der Waals surface area contributed by atoms with Gasteiger partial charge in [-0.2, -0.15) is 5.26 Å². The highest BCUT2D eigenvalue weighted by atomic mass is 32.2. The lowest BCUT2D eigenvalue weighted by Crippen LogP contribution is -2.20. The molecule has 2 aromatic rings. The Morgan fingerprint density at radius 3 is 2.68 bits per heavy atom. The Labute approximate surface area is 113 Å². The van der Waals surface area contributed by atoms with E-state index in [-0.39, 0.29) is 11.0 Å². The van der Waals surface area contributed by atoms with Gasteiger partial charge >= 0.3 is 0 Å². The fraction of sp³-hybridized carbons (Fsp3) is 0.357. The van der Waals surface area contributed by atoms with Crippen LogP contribution in [0.1, 0.15) is 19.4 Å². The Balaban J connectivity index is 2.31. The molecule has 2 rings (SSSR count). The molecule has 0 atom stereocenters. The molecule has 0 aliphatic rings. The number of sulfone groups is 1. The lowest BCUT2D eigenvalue weighted by Gasteiger charge is -2.09. The van der Waals surface area contributed by atoms with Crippen LogP contribution in [0.15, 0.2) is 30.5 Å². The number of aromatic nitrogens is 1. The number of nitriles is 1. The first-order chi connectivity index (χ1) is 8.95. The molecule has 0 N–H and O–H groups in total. The Kier molecular flexibility index (Phi) is 3.63. The van der Waals surface area contributed by atoms with Gasteiger partial charge in [0.2, 0.25) is 0 Å². The maximum absolute atomic E-state index is 11.8. The molecule has 5 heteroatoms. The van der Waals surface area contributed by atoms with Crippen molar-refractivity contribution in [1.82, 2.24) is 4.57 Å². The lowest BCUT2D eigenvalue weighted by atomic mass is 10.1. The summed E-state index contributed by atoms with van der Waals surface area (Å²) in [4.78, 5) is 0. The molecule has 0 saturated carbocycles. The quantitative estimate of drug-likeness (QED) is 0.861. The summed E-state index contributed by atoms with van der Waals surface area (Å²) in [6.07, 6.45) is 1.83. The molecular formula is C14H16N2O2S. The van der Waals surface area contributed by atoms with Crippen LogP contribution >= 0.6 is 0 Å². The van der Waals surface area contributed by atoms with E-state index in [1.54, 1.807) is 19.9 Å². The molecule has 1 aromatic carbocycles. The standard InChI is InChI=1S/C14H16N2O2S/c1-11(2)19(17,18)9-8-16-7-6-13-12(10-15)4-3-5-14(13)16/h3-7,11H,8-9H2,1-2H3. The number of fused-ring (bicyclic) bond motifs is 1.